The number of nitrogens with two attached hydrogens (primary N) is 1. The molecule has 5 N–H and O–H groups in total. The van der Waals surface area contributed by atoms with Gasteiger partial charge in [0.1, 0.15) is 0 Å². The second kappa shape index (κ2) is 8.88. The number of carboxylic acid groups (broad SMARTS) is 1. The fraction of sp³-hybridized carbons (Fsp3) is 0.833. The number of nitrogens with one attached hydrogen (secondary N) is 1. The van der Waals surface area contributed by atoms with Gasteiger partial charge in [-0.25, -0.2) is 4.79 Å². The Kier molecular flexibility index (Phi) is 8.32. The maximum Gasteiger partial charge on any atom is 0.357 e. The van der Waals surface area contributed by atoms with Crippen LogP contribution in [0, 0.1) is 0 Å². The number of amides is 1. The molecule has 0 aromatic rings. The number of aliphatic hydroxyl groups is 1. The van der Waals surface area contributed by atoms with Crippen molar-refractivity contribution in [2.24, 2.45) is 5.73 Å². The lowest BCUT2D eigenvalue weighted by molar-refractivity contribution is -0.166. The Balaban J connectivity index is 4.04. The summed E-state index contributed by atoms with van der Waals surface area (Å²) in [6.45, 7) is 1.78. The number of hydrogen-bond donors (Lipinski definition) is 4. The van der Waals surface area contributed by atoms with E-state index in [0.717, 1.165) is 32.1 Å². The lowest BCUT2D eigenvalue weighted by Gasteiger charge is -2.24. The fourth-order valence-electron chi connectivity index (χ4n) is 1.67. The summed E-state index contributed by atoms with van der Waals surface area (Å²) < 4.78 is 0. The SMILES string of the molecule is CCCCCCCCC(O)(NC(=O)CN)C(=O)O. The van der Waals surface area contributed by atoms with Crippen molar-refractivity contribution in [3.63, 3.8) is 0 Å². The van der Waals surface area contributed by atoms with E-state index in [0.29, 0.717) is 6.42 Å². The molecule has 18 heavy (non-hydrogen) atoms. The van der Waals surface area contributed by atoms with Crippen LogP contribution >= 0.6 is 0 Å². The zero-order valence-corrected chi connectivity index (χ0v) is 10.9. The molecule has 0 rings (SSSR count). The third-order valence-corrected chi connectivity index (χ3v) is 2.78. The van der Waals surface area contributed by atoms with Gasteiger partial charge in [0.15, 0.2) is 0 Å². The Hall–Kier alpha value is -1.14. The molecular formula is C12H24N2O4. The van der Waals surface area contributed by atoms with Crippen LogP contribution in [-0.2, 0) is 9.59 Å². The Morgan fingerprint density at radius 1 is 1.17 bits per heavy atom. The minimum Gasteiger partial charge on any atom is -0.478 e. The van der Waals surface area contributed by atoms with Gasteiger partial charge in [0.2, 0.25) is 11.6 Å². The minimum atomic E-state index is -2.19. The molecule has 0 radical (unpaired) electrons. The number of carboxylic acids is 1. The van der Waals surface area contributed by atoms with E-state index in [-0.39, 0.29) is 13.0 Å². The lowest BCUT2D eigenvalue weighted by atomic mass is 10.0. The predicted molar refractivity (Wildman–Crippen MR) is 67.8 cm³/mol. The maximum atomic E-state index is 11.0. The molecule has 0 aromatic carbocycles. The van der Waals surface area contributed by atoms with Crippen LogP contribution in [0.1, 0.15) is 51.9 Å². The van der Waals surface area contributed by atoms with Crippen LogP contribution in [0.3, 0.4) is 0 Å². The summed E-state index contributed by atoms with van der Waals surface area (Å²) in [7, 11) is 0. The number of carbonyl (C=O) groups excluding carboxylic acids is 1. The Labute approximate surface area is 108 Å². The van der Waals surface area contributed by atoms with Crippen molar-refractivity contribution < 1.29 is 19.8 Å². The first kappa shape index (κ1) is 16.9. The largest absolute Gasteiger partial charge is 0.478 e. The van der Waals surface area contributed by atoms with Crippen molar-refractivity contribution in [1.29, 1.82) is 0 Å². The van der Waals surface area contributed by atoms with E-state index in [1.54, 1.807) is 0 Å². The van der Waals surface area contributed by atoms with Crippen molar-refractivity contribution in [2.45, 2.75) is 57.6 Å². The third kappa shape index (κ3) is 6.56. The average Bonchev–Trinajstić information content (AvgIpc) is 2.33. The highest BCUT2D eigenvalue weighted by Crippen LogP contribution is 2.14. The molecule has 1 amide bonds. The topological polar surface area (TPSA) is 113 Å². The number of unbranched alkanes of at least 4 members (excludes halogenated alkanes) is 5. The van der Waals surface area contributed by atoms with Gasteiger partial charge in [-0.2, -0.15) is 0 Å². The fourth-order valence-corrected chi connectivity index (χ4v) is 1.67. The monoisotopic (exact) mass is 260 g/mol. The van der Waals surface area contributed by atoms with Crippen molar-refractivity contribution in [3.8, 4) is 0 Å². The highest BCUT2D eigenvalue weighted by Gasteiger charge is 2.36. The molecule has 0 saturated heterocycles. The Morgan fingerprint density at radius 2 is 1.72 bits per heavy atom. The van der Waals surface area contributed by atoms with Gasteiger partial charge in [-0.1, -0.05) is 39.0 Å². The van der Waals surface area contributed by atoms with E-state index in [4.69, 9.17) is 10.8 Å². The summed E-state index contributed by atoms with van der Waals surface area (Å²) in [5.41, 5.74) is 2.88. The second-order valence-electron chi connectivity index (χ2n) is 4.44. The molecule has 0 spiro atoms. The van der Waals surface area contributed by atoms with Gasteiger partial charge < -0.3 is 21.3 Å². The lowest BCUT2D eigenvalue weighted by Crippen LogP contribution is -2.55. The van der Waals surface area contributed by atoms with Gasteiger partial charge >= 0.3 is 5.97 Å². The summed E-state index contributed by atoms with van der Waals surface area (Å²) in [6, 6.07) is 0. The summed E-state index contributed by atoms with van der Waals surface area (Å²) in [5, 5.41) is 20.8. The molecule has 0 saturated carbocycles. The van der Waals surface area contributed by atoms with Crippen LogP contribution in [0.2, 0.25) is 0 Å². The predicted octanol–water partition coefficient (Wildman–Crippen LogP) is 0.585. The van der Waals surface area contributed by atoms with Gasteiger partial charge in [-0.15, -0.1) is 0 Å². The molecule has 6 heteroatoms. The molecule has 0 aromatic heterocycles. The van der Waals surface area contributed by atoms with E-state index in [2.05, 4.69) is 6.92 Å². The van der Waals surface area contributed by atoms with E-state index < -0.39 is 17.6 Å². The van der Waals surface area contributed by atoms with Crippen LogP contribution in [-0.4, -0.2) is 34.4 Å². The minimum absolute atomic E-state index is 0.000197. The first-order valence-corrected chi connectivity index (χ1v) is 6.43. The van der Waals surface area contributed by atoms with Gasteiger partial charge in [0.05, 0.1) is 6.54 Å². The average molecular weight is 260 g/mol. The molecule has 0 heterocycles. The molecule has 0 aliphatic heterocycles. The quantitative estimate of drug-likeness (QED) is 0.339. The summed E-state index contributed by atoms with van der Waals surface area (Å²) in [4.78, 5) is 22.0. The van der Waals surface area contributed by atoms with Gasteiger partial charge in [-0.05, 0) is 6.42 Å². The molecule has 6 nitrogen and oxygen atoms in total. The molecule has 0 aliphatic rings. The Morgan fingerprint density at radius 3 is 2.22 bits per heavy atom. The number of aliphatic carboxylic acids is 1. The Bertz CT molecular complexity index is 271. The molecular weight excluding hydrogens is 236 g/mol. The van der Waals surface area contributed by atoms with Crippen LogP contribution in [0.15, 0.2) is 0 Å². The zero-order chi connectivity index (χ0) is 14.0. The normalized spacial score (nSPS) is 13.9. The van der Waals surface area contributed by atoms with Crippen molar-refractivity contribution >= 4 is 11.9 Å². The summed E-state index contributed by atoms with van der Waals surface area (Å²) in [5.74, 6) is -2.12. The van der Waals surface area contributed by atoms with Gasteiger partial charge in [-0.3, -0.25) is 4.79 Å². The van der Waals surface area contributed by atoms with Crippen LogP contribution in [0.5, 0.6) is 0 Å². The van der Waals surface area contributed by atoms with Crippen LogP contribution in [0.25, 0.3) is 0 Å². The number of rotatable bonds is 10. The first-order chi connectivity index (χ1) is 8.46. The van der Waals surface area contributed by atoms with Gasteiger partial charge in [0, 0.05) is 6.42 Å². The third-order valence-electron chi connectivity index (χ3n) is 2.78. The summed E-state index contributed by atoms with van der Waals surface area (Å²) in [6.07, 6.45) is 5.82. The molecule has 1 unspecified atom stereocenters. The molecule has 0 aliphatic carbocycles. The van der Waals surface area contributed by atoms with E-state index in [9.17, 15) is 14.7 Å². The van der Waals surface area contributed by atoms with Gasteiger partial charge in [0.25, 0.3) is 0 Å². The van der Waals surface area contributed by atoms with Crippen LogP contribution < -0.4 is 11.1 Å². The van der Waals surface area contributed by atoms with E-state index >= 15 is 0 Å². The second-order valence-corrected chi connectivity index (χ2v) is 4.44. The van der Waals surface area contributed by atoms with Crippen LogP contribution in [0.4, 0.5) is 0 Å². The summed E-state index contributed by atoms with van der Waals surface area (Å²) >= 11 is 0. The highest BCUT2D eigenvalue weighted by molar-refractivity contribution is 5.86. The molecule has 0 bridgehead atoms. The standard InChI is InChI=1S/C12H24N2O4/c1-2-3-4-5-6-7-8-12(18,11(16)17)14-10(15)9-13/h18H,2-9,13H2,1H3,(H,14,15)(H,16,17). The molecule has 1 atom stereocenters. The molecule has 106 valence electrons. The maximum absolute atomic E-state index is 11.0. The van der Waals surface area contributed by atoms with E-state index in [1.807, 2.05) is 5.32 Å². The first-order valence-electron chi connectivity index (χ1n) is 6.43. The zero-order valence-electron chi connectivity index (χ0n) is 10.9. The van der Waals surface area contributed by atoms with Crippen molar-refractivity contribution in [3.05, 3.63) is 0 Å². The van der Waals surface area contributed by atoms with Crippen molar-refractivity contribution in [2.75, 3.05) is 6.54 Å². The molecule has 0 fully saturated rings. The smallest absolute Gasteiger partial charge is 0.357 e. The van der Waals surface area contributed by atoms with E-state index in [1.165, 1.54) is 0 Å². The number of carbonyl (C=O) groups is 2. The highest BCUT2D eigenvalue weighted by atomic mass is 16.4. The van der Waals surface area contributed by atoms with Crippen molar-refractivity contribution in [1.82, 2.24) is 5.32 Å². The number of hydrogen-bond acceptors (Lipinski definition) is 4.